The number of ketones is 1. The van der Waals surface area contributed by atoms with E-state index in [0.29, 0.717) is 5.92 Å². The monoisotopic (exact) mass is 258 g/mol. The molecule has 0 unspecified atom stereocenters. The molecule has 0 aliphatic heterocycles. The first-order chi connectivity index (χ1) is 8.49. The molecule has 0 spiro atoms. The van der Waals surface area contributed by atoms with Crippen LogP contribution in [0.4, 0.5) is 0 Å². The lowest BCUT2D eigenvalue weighted by atomic mass is 9.99. The SMILES string of the molecule is Cc1cc(C)c(C(=O)c2ccc(C(C)C)cc2)s1. The number of hydrogen-bond donors (Lipinski definition) is 0. The zero-order valence-electron chi connectivity index (χ0n) is 11.3. The van der Waals surface area contributed by atoms with E-state index in [1.165, 1.54) is 10.4 Å². The summed E-state index contributed by atoms with van der Waals surface area (Å²) in [4.78, 5) is 14.4. The molecule has 1 aromatic carbocycles. The summed E-state index contributed by atoms with van der Waals surface area (Å²) in [6.07, 6.45) is 0. The normalized spacial score (nSPS) is 10.9. The first-order valence-corrected chi connectivity index (χ1v) is 7.02. The fraction of sp³-hybridized carbons (Fsp3) is 0.312. The molecular weight excluding hydrogens is 240 g/mol. The summed E-state index contributed by atoms with van der Waals surface area (Å²) in [5.74, 6) is 0.640. The zero-order valence-corrected chi connectivity index (χ0v) is 12.1. The Morgan fingerprint density at radius 1 is 1.11 bits per heavy atom. The van der Waals surface area contributed by atoms with Gasteiger partial charge in [0.25, 0.3) is 0 Å². The van der Waals surface area contributed by atoms with Crippen molar-refractivity contribution < 1.29 is 4.79 Å². The van der Waals surface area contributed by atoms with Gasteiger partial charge in [0.05, 0.1) is 4.88 Å². The fourth-order valence-corrected chi connectivity index (χ4v) is 3.01. The second kappa shape index (κ2) is 5.07. The lowest BCUT2D eigenvalue weighted by molar-refractivity contribution is 0.104. The van der Waals surface area contributed by atoms with E-state index in [4.69, 9.17) is 0 Å². The Morgan fingerprint density at radius 2 is 1.72 bits per heavy atom. The molecule has 0 radical (unpaired) electrons. The van der Waals surface area contributed by atoms with Gasteiger partial charge in [0.1, 0.15) is 0 Å². The van der Waals surface area contributed by atoms with Crippen molar-refractivity contribution >= 4 is 17.1 Å². The van der Waals surface area contributed by atoms with E-state index in [1.54, 1.807) is 11.3 Å². The number of carbonyl (C=O) groups is 1. The minimum atomic E-state index is 0.140. The third-order valence-corrected chi connectivity index (χ3v) is 4.24. The summed E-state index contributed by atoms with van der Waals surface area (Å²) < 4.78 is 0. The average molecular weight is 258 g/mol. The Labute approximate surface area is 112 Å². The quantitative estimate of drug-likeness (QED) is 0.728. The second-order valence-corrected chi connectivity index (χ2v) is 6.23. The van der Waals surface area contributed by atoms with Gasteiger partial charge in [-0.2, -0.15) is 0 Å². The van der Waals surface area contributed by atoms with Crippen molar-refractivity contribution in [3.05, 3.63) is 56.8 Å². The highest BCUT2D eigenvalue weighted by Gasteiger charge is 2.14. The maximum absolute atomic E-state index is 12.4. The Bertz CT molecular complexity index is 561. The molecule has 0 atom stereocenters. The van der Waals surface area contributed by atoms with Crippen LogP contribution in [0.5, 0.6) is 0 Å². The topological polar surface area (TPSA) is 17.1 Å². The van der Waals surface area contributed by atoms with Crippen molar-refractivity contribution in [1.29, 1.82) is 0 Å². The Hall–Kier alpha value is -1.41. The van der Waals surface area contributed by atoms with Gasteiger partial charge >= 0.3 is 0 Å². The van der Waals surface area contributed by atoms with Crippen molar-refractivity contribution in [1.82, 2.24) is 0 Å². The van der Waals surface area contributed by atoms with Crippen molar-refractivity contribution in [3.63, 3.8) is 0 Å². The molecule has 1 aromatic heterocycles. The molecule has 0 aliphatic rings. The highest BCUT2D eigenvalue weighted by molar-refractivity contribution is 7.14. The van der Waals surface area contributed by atoms with Crippen LogP contribution in [-0.4, -0.2) is 5.78 Å². The van der Waals surface area contributed by atoms with E-state index in [1.807, 2.05) is 38.1 Å². The molecule has 0 aliphatic carbocycles. The molecule has 2 rings (SSSR count). The number of thiophene rings is 1. The van der Waals surface area contributed by atoms with Crippen LogP contribution < -0.4 is 0 Å². The zero-order chi connectivity index (χ0) is 13.3. The van der Waals surface area contributed by atoms with Crippen LogP contribution in [0.3, 0.4) is 0 Å². The predicted octanol–water partition coefficient (Wildman–Crippen LogP) is 4.72. The number of benzene rings is 1. The van der Waals surface area contributed by atoms with E-state index in [2.05, 4.69) is 19.9 Å². The minimum Gasteiger partial charge on any atom is -0.288 e. The third-order valence-electron chi connectivity index (χ3n) is 3.09. The van der Waals surface area contributed by atoms with E-state index in [-0.39, 0.29) is 5.78 Å². The van der Waals surface area contributed by atoms with Gasteiger partial charge in [-0.15, -0.1) is 11.3 Å². The molecule has 94 valence electrons. The van der Waals surface area contributed by atoms with E-state index >= 15 is 0 Å². The molecule has 0 N–H and O–H groups in total. The largest absolute Gasteiger partial charge is 0.288 e. The lowest BCUT2D eigenvalue weighted by Crippen LogP contribution is -2.00. The minimum absolute atomic E-state index is 0.140. The van der Waals surface area contributed by atoms with Crippen LogP contribution in [0, 0.1) is 13.8 Å². The van der Waals surface area contributed by atoms with Crippen molar-refractivity contribution in [2.24, 2.45) is 0 Å². The second-order valence-electron chi connectivity index (χ2n) is 4.98. The van der Waals surface area contributed by atoms with Crippen LogP contribution in [0.15, 0.2) is 30.3 Å². The van der Waals surface area contributed by atoms with Gasteiger partial charge in [-0.3, -0.25) is 4.79 Å². The molecule has 2 heteroatoms. The molecule has 0 bridgehead atoms. The first-order valence-electron chi connectivity index (χ1n) is 6.20. The number of carbonyl (C=O) groups excluding carboxylic acids is 1. The Balaban J connectivity index is 2.32. The summed E-state index contributed by atoms with van der Waals surface area (Å²) in [5, 5.41) is 0. The van der Waals surface area contributed by atoms with E-state index in [0.717, 1.165) is 16.0 Å². The van der Waals surface area contributed by atoms with Crippen LogP contribution in [0.2, 0.25) is 0 Å². The lowest BCUT2D eigenvalue weighted by Gasteiger charge is -2.06. The molecule has 0 saturated carbocycles. The number of aryl methyl sites for hydroxylation is 2. The van der Waals surface area contributed by atoms with Crippen molar-refractivity contribution in [2.75, 3.05) is 0 Å². The molecule has 2 aromatic rings. The highest BCUT2D eigenvalue weighted by Crippen LogP contribution is 2.24. The van der Waals surface area contributed by atoms with Crippen LogP contribution in [0.25, 0.3) is 0 Å². The Morgan fingerprint density at radius 3 is 2.17 bits per heavy atom. The molecule has 1 nitrogen and oxygen atoms in total. The third kappa shape index (κ3) is 2.54. The molecule has 0 fully saturated rings. The smallest absolute Gasteiger partial charge is 0.203 e. The summed E-state index contributed by atoms with van der Waals surface area (Å²) in [6.45, 7) is 8.35. The van der Waals surface area contributed by atoms with Gasteiger partial charge < -0.3 is 0 Å². The number of hydrogen-bond acceptors (Lipinski definition) is 2. The molecule has 1 heterocycles. The highest BCUT2D eigenvalue weighted by atomic mass is 32.1. The molecule has 18 heavy (non-hydrogen) atoms. The molecule has 0 amide bonds. The summed E-state index contributed by atoms with van der Waals surface area (Å²) in [7, 11) is 0. The molecule has 0 saturated heterocycles. The van der Waals surface area contributed by atoms with Crippen LogP contribution >= 0.6 is 11.3 Å². The standard InChI is InChI=1S/C16H18OS/c1-10(2)13-5-7-14(8-6-13)15(17)16-11(3)9-12(4)18-16/h5-10H,1-4H3. The Kier molecular flexibility index (Phi) is 3.67. The maximum atomic E-state index is 12.4. The van der Waals surface area contributed by atoms with Gasteiger partial charge in [-0.05, 0) is 37.0 Å². The van der Waals surface area contributed by atoms with Crippen molar-refractivity contribution in [3.8, 4) is 0 Å². The van der Waals surface area contributed by atoms with Gasteiger partial charge in [0.2, 0.25) is 5.78 Å². The predicted molar refractivity (Wildman–Crippen MR) is 77.8 cm³/mol. The fourth-order valence-electron chi connectivity index (χ4n) is 2.02. The van der Waals surface area contributed by atoms with Crippen molar-refractivity contribution in [2.45, 2.75) is 33.6 Å². The van der Waals surface area contributed by atoms with Crippen LogP contribution in [0.1, 0.15) is 51.0 Å². The van der Waals surface area contributed by atoms with Gasteiger partial charge in [-0.1, -0.05) is 38.1 Å². The van der Waals surface area contributed by atoms with Gasteiger partial charge in [-0.25, -0.2) is 0 Å². The number of rotatable bonds is 3. The first kappa shape index (κ1) is 13.0. The van der Waals surface area contributed by atoms with Gasteiger partial charge in [0, 0.05) is 10.4 Å². The van der Waals surface area contributed by atoms with Gasteiger partial charge in [0.15, 0.2) is 0 Å². The maximum Gasteiger partial charge on any atom is 0.203 e. The summed E-state index contributed by atoms with van der Waals surface area (Å²) in [6, 6.07) is 10.0. The average Bonchev–Trinajstić information content (AvgIpc) is 2.67. The summed E-state index contributed by atoms with van der Waals surface area (Å²) in [5.41, 5.74) is 3.13. The van der Waals surface area contributed by atoms with E-state index < -0.39 is 0 Å². The molecular formula is C16H18OS. The summed E-state index contributed by atoms with van der Waals surface area (Å²) >= 11 is 1.58. The van der Waals surface area contributed by atoms with E-state index in [9.17, 15) is 4.79 Å². The van der Waals surface area contributed by atoms with Crippen LogP contribution in [-0.2, 0) is 0 Å².